The van der Waals surface area contributed by atoms with Crippen LogP contribution in [-0.4, -0.2) is 55.7 Å². The molecule has 2 aromatic rings. The predicted octanol–water partition coefficient (Wildman–Crippen LogP) is 4.85. The average molecular weight is 577 g/mol. The van der Waals surface area contributed by atoms with Crippen molar-refractivity contribution in [3.05, 3.63) is 64.1 Å². The smallest absolute Gasteiger partial charge is 0.306 e. The third-order valence-electron chi connectivity index (χ3n) is 6.04. The Hall–Kier alpha value is -2.42. The van der Waals surface area contributed by atoms with Crippen molar-refractivity contribution >= 4 is 27.8 Å². The molecule has 0 aromatic heterocycles. The van der Waals surface area contributed by atoms with Crippen molar-refractivity contribution in [1.29, 1.82) is 0 Å². The molecular weight excluding hydrogens is 534 g/mol. The second kappa shape index (κ2) is 17.2. The number of esters is 1. The summed E-state index contributed by atoms with van der Waals surface area (Å²) in [4.78, 5) is 27.1. The molecule has 0 radical (unpaired) electrons. The van der Waals surface area contributed by atoms with Gasteiger partial charge in [0.25, 0.3) is 0 Å². The van der Waals surface area contributed by atoms with Gasteiger partial charge in [0.2, 0.25) is 5.91 Å². The van der Waals surface area contributed by atoms with Crippen LogP contribution < -0.4 is 15.8 Å². The average Bonchev–Trinajstić information content (AvgIpc) is 2.88. The molecule has 0 aliphatic heterocycles. The highest BCUT2D eigenvalue weighted by atomic mass is 79.9. The molecule has 0 fully saturated rings. The SMILES string of the molecule is CCCN(CCC)C(=O)CCCC(=O)O[C@H](CNCc1cccc(OC)c1)[C@@H](N)Cc1cccc(Br)c1. The van der Waals surface area contributed by atoms with E-state index in [9.17, 15) is 9.59 Å². The second-order valence-electron chi connectivity index (χ2n) is 9.24. The van der Waals surface area contributed by atoms with Crippen LogP contribution >= 0.6 is 15.9 Å². The molecule has 0 spiro atoms. The molecule has 0 saturated carbocycles. The number of nitrogens with two attached hydrogens (primary N) is 1. The van der Waals surface area contributed by atoms with E-state index in [4.69, 9.17) is 15.2 Å². The van der Waals surface area contributed by atoms with Gasteiger partial charge in [-0.3, -0.25) is 9.59 Å². The van der Waals surface area contributed by atoms with Crippen LogP contribution in [0.2, 0.25) is 0 Å². The molecule has 37 heavy (non-hydrogen) atoms. The number of carbonyl (C=O) groups excluding carboxylic acids is 2. The van der Waals surface area contributed by atoms with Crippen LogP contribution in [0.25, 0.3) is 0 Å². The molecule has 0 heterocycles. The molecule has 1 amide bonds. The van der Waals surface area contributed by atoms with Gasteiger partial charge in [-0.1, -0.05) is 54.0 Å². The Labute approximate surface area is 230 Å². The van der Waals surface area contributed by atoms with Crippen molar-refractivity contribution < 1.29 is 19.1 Å². The number of hydrogen-bond acceptors (Lipinski definition) is 6. The number of hydrogen-bond donors (Lipinski definition) is 2. The fraction of sp³-hybridized carbons (Fsp3) is 0.517. The van der Waals surface area contributed by atoms with Crippen molar-refractivity contribution in [2.75, 3.05) is 26.7 Å². The molecule has 0 bridgehead atoms. The van der Waals surface area contributed by atoms with E-state index < -0.39 is 6.10 Å². The number of nitrogens with one attached hydrogen (secondary N) is 1. The third-order valence-corrected chi connectivity index (χ3v) is 6.53. The number of ether oxygens (including phenoxy) is 2. The van der Waals surface area contributed by atoms with Crippen LogP contribution in [-0.2, 0) is 27.3 Å². The highest BCUT2D eigenvalue weighted by Gasteiger charge is 2.23. The minimum Gasteiger partial charge on any atom is -0.497 e. The van der Waals surface area contributed by atoms with Gasteiger partial charge in [0, 0.05) is 49.5 Å². The van der Waals surface area contributed by atoms with Crippen LogP contribution in [0.3, 0.4) is 0 Å². The van der Waals surface area contributed by atoms with Gasteiger partial charge in [0.15, 0.2) is 0 Å². The van der Waals surface area contributed by atoms with Crippen molar-refractivity contribution in [3.63, 3.8) is 0 Å². The lowest BCUT2D eigenvalue weighted by atomic mass is 10.0. The van der Waals surface area contributed by atoms with Gasteiger partial charge in [-0.2, -0.15) is 0 Å². The van der Waals surface area contributed by atoms with Crippen LogP contribution in [0.15, 0.2) is 53.0 Å². The number of amides is 1. The predicted molar refractivity (Wildman–Crippen MR) is 151 cm³/mol. The zero-order valence-electron chi connectivity index (χ0n) is 22.4. The first kappa shape index (κ1) is 30.8. The van der Waals surface area contributed by atoms with Crippen molar-refractivity contribution in [2.45, 2.75) is 71.1 Å². The van der Waals surface area contributed by atoms with Gasteiger partial charge in [-0.25, -0.2) is 0 Å². The Morgan fingerprint density at radius 3 is 2.41 bits per heavy atom. The van der Waals surface area contributed by atoms with Crippen molar-refractivity contribution in [1.82, 2.24) is 10.2 Å². The monoisotopic (exact) mass is 575 g/mol. The summed E-state index contributed by atoms with van der Waals surface area (Å²) in [5, 5.41) is 3.37. The second-order valence-corrected chi connectivity index (χ2v) is 10.2. The minimum atomic E-state index is -0.510. The molecule has 0 aliphatic rings. The van der Waals surface area contributed by atoms with Crippen LogP contribution in [0.1, 0.15) is 57.1 Å². The zero-order chi connectivity index (χ0) is 27.0. The summed E-state index contributed by atoms with van der Waals surface area (Å²) in [5.41, 5.74) is 8.67. The van der Waals surface area contributed by atoms with Gasteiger partial charge in [0.1, 0.15) is 11.9 Å². The van der Waals surface area contributed by atoms with Gasteiger partial charge in [-0.15, -0.1) is 0 Å². The van der Waals surface area contributed by atoms with Gasteiger partial charge in [-0.05, 0) is 61.1 Å². The summed E-state index contributed by atoms with van der Waals surface area (Å²) in [6.45, 7) is 6.64. The molecule has 0 saturated heterocycles. The summed E-state index contributed by atoms with van der Waals surface area (Å²) in [7, 11) is 1.64. The van der Waals surface area contributed by atoms with E-state index in [0.29, 0.717) is 32.4 Å². The maximum Gasteiger partial charge on any atom is 0.306 e. The number of nitrogens with zero attached hydrogens (tertiary/aromatic N) is 1. The number of halogens is 1. The van der Waals surface area contributed by atoms with Crippen molar-refractivity contribution in [2.24, 2.45) is 5.73 Å². The minimum absolute atomic E-state index is 0.0966. The Morgan fingerprint density at radius 1 is 1.03 bits per heavy atom. The first-order chi connectivity index (χ1) is 17.9. The van der Waals surface area contributed by atoms with Crippen LogP contribution in [0.5, 0.6) is 5.75 Å². The molecule has 2 atom stereocenters. The lowest BCUT2D eigenvalue weighted by molar-refractivity contribution is -0.150. The Kier molecular flexibility index (Phi) is 14.3. The fourth-order valence-electron chi connectivity index (χ4n) is 4.16. The highest BCUT2D eigenvalue weighted by molar-refractivity contribution is 9.10. The highest BCUT2D eigenvalue weighted by Crippen LogP contribution is 2.16. The summed E-state index contributed by atoms with van der Waals surface area (Å²) >= 11 is 3.50. The maximum absolute atomic E-state index is 12.7. The molecule has 0 unspecified atom stereocenters. The molecule has 2 rings (SSSR count). The Morgan fingerprint density at radius 2 is 1.73 bits per heavy atom. The van der Waals surface area contributed by atoms with E-state index in [1.807, 2.05) is 53.4 Å². The van der Waals surface area contributed by atoms with E-state index in [0.717, 1.165) is 47.3 Å². The number of rotatable bonds is 17. The summed E-state index contributed by atoms with van der Waals surface area (Å²) < 4.78 is 12.1. The van der Waals surface area contributed by atoms with Crippen molar-refractivity contribution in [3.8, 4) is 5.75 Å². The molecule has 8 heteroatoms. The summed E-state index contributed by atoms with van der Waals surface area (Å²) in [6.07, 6.45) is 2.91. The van der Waals surface area contributed by atoms with Crippen LogP contribution in [0, 0.1) is 0 Å². The molecular formula is C29H42BrN3O4. The first-order valence-corrected chi connectivity index (χ1v) is 14.0. The van der Waals surface area contributed by atoms with E-state index in [1.54, 1.807) is 7.11 Å². The molecule has 7 nitrogen and oxygen atoms in total. The fourth-order valence-corrected chi connectivity index (χ4v) is 4.61. The van der Waals surface area contributed by atoms with Gasteiger partial charge < -0.3 is 25.4 Å². The third kappa shape index (κ3) is 11.7. The topological polar surface area (TPSA) is 93.9 Å². The van der Waals surface area contributed by atoms with Crippen LogP contribution in [0.4, 0.5) is 0 Å². The maximum atomic E-state index is 12.7. The molecule has 3 N–H and O–H groups in total. The van der Waals surface area contributed by atoms with E-state index in [2.05, 4.69) is 35.1 Å². The largest absolute Gasteiger partial charge is 0.497 e. The van der Waals surface area contributed by atoms with Gasteiger partial charge in [0.05, 0.1) is 7.11 Å². The lowest BCUT2D eigenvalue weighted by Crippen LogP contribution is -2.45. The standard InChI is InChI=1S/C29H42BrN3O4/c1-4-15-33(16-5-2)28(34)13-8-14-29(35)37-27(26(31)19-22-9-6-11-24(30)17-22)21-32-20-23-10-7-12-25(18-23)36-3/h6-7,9-12,17-18,26-27,32H,4-5,8,13-16,19-21,31H2,1-3H3/t26-,27+/m0/s1. The number of methoxy groups -OCH3 is 1. The normalized spacial score (nSPS) is 12.6. The van der Waals surface area contributed by atoms with E-state index >= 15 is 0 Å². The lowest BCUT2D eigenvalue weighted by Gasteiger charge is -2.25. The van der Waals surface area contributed by atoms with E-state index in [1.165, 1.54) is 0 Å². The molecule has 204 valence electrons. The summed E-state index contributed by atoms with van der Waals surface area (Å²) in [6, 6.07) is 15.4. The Balaban J connectivity index is 1.95. The quantitative estimate of drug-likeness (QED) is 0.262. The van der Waals surface area contributed by atoms with Gasteiger partial charge >= 0.3 is 5.97 Å². The first-order valence-electron chi connectivity index (χ1n) is 13.2. The molecule has 2 aromatic carbocycles. The number of benzene rings is 2. The zero-order valence-corrected chi connectivity index (χ0v) is 24.0. The van der Waals surface area contributed by atoms with E-state index in [-0.39, 0.29) is 24.3 Å². The summed E-state index contributed by atoms with van der Waals surface area (Å²) in [5.74, 6) is 0.558. The number of carbonyl (C=O) groups is 2. The Bertz CT molecular complexity index is 966. The molecule has 0 aliphatic carbocycles.